The van der Waals surface area contributed by atoms with E-state index in [2.05, 4.69) is 15.7 Å². The third-order valence-corrected chi connectivity index (χ3v) is 9.66. The summed E-state index contributed by atoms with van der Waals surface area (Å²) in [4.78, 5) is 13.0. The highest BCUT2D eigenvalue weighted by Gasteiger charge is 2.27. The topological polar surface area (TPSA) is 82.0 Å². The van der Waals surface area contributed by atoms with Crippen molar-refractivity contribution in [3.8, 4) is 0 Å². The molecule has 1 aromatic heterocycles. The third kappa shape index (κ3) is 3.82. The number of hydrogen-bond donors (Lipinski definition) is 2. The van der Waals surface area contributed by atoms with E-state index in [4.69, 9.17) is 0 Å². The second-order valence-corrected chi connectivity index (χ2v) is 12.3. The van der Waals surface area contributed by atoms with Crippen molar-refractivity contribution >= 4 is 33.0 Å². The summed E-state index contributed by atoms with van der Waals surface area (Å²) in [6.07, 6.45) is 6.21. The predicted octanol–water partition coefficient (Wildman–Crippen LogP) is 4.49. The zero-order valence-corrected chi connectivity index (χ0v) is 19.6. The summed E-state index contributed by atoms with van der Waals surface area (Å²) in [7, 11) is 0.189. The Kier molecular flexibility index (Phi) is 5.55. The van der Waals surface area contributed by atoms with Crippen molar-refractivity contribution in [1.29, 1.82) is 0 Å². The molecule has 0 fully saturated rings. The molecule has 1 atom stereocenters. The lowest BCUT2D eigenvalue weighted by Gasteiger charge is -2.18. The van der Waals surface area contributed by atoms with Crippen molar-refractivity contribution in [3.63, 3.8) is 0 Å². The molecule has 0 bridgehead atoms. The average molecular weight is 448 g/mol. The number of thiophene rings is 1. The largest absolute Gasteiger partial charge is 0.386 e. The van der Waals surface area contributed by atoms with E-state index in [1.807, 2.05) is 0 Å². The van der Waals surface area contributed by atoms with Crippen molar-refractivity contribution in [2.75, 3.05) is 19.4 Å². The third-order valence-electron chi connectivity index (χ3n) is 5.95. The van der Waals surface area contributed by atoms with E-state index in [9.17, 15) is 14.1 Å². The Morgan fingerprint density at radius 3 is 2.23 bits per heavy atom. The monoisotopic (exact) mass is 447 g/mol. The standard InChI is InChI=1S/C22H29N3O3S2/c1-22(2,27)16-12-19(29-13-16)30(28,25(3)4)24-21(26)23-20-17-9-5-7-14(17)11-15-8-6-10-18(15)20/h11-13,27H,5-10H2,1-4H3,(H,23,26)/t30-/m0/s1. The van der Waals surface area contributed by atoms with Crippen molar-refractivity contribution in [2.45, 2.75) is 62.2 Å². The molecular weight excluding hydrogens is 418 g/mol. The number of benzene rings is 1. The van der Waals surface area contributed by atoms with Gasteiger partial charge in [-0.25, -0.2) is 13.3 Å². The molecule has 8 heteroatoms. The number of rotatable bonds is 4. The number of fused-ring (bicyclic) bond motifs is 2. The van der Waals surface area contributed by atoms with Crippen LogP contribution in [0.2, 0.25) is 0 Å². The van der Waals surface area contributed by atoms with Gasteiger partial charge in [0.15, 0.2) is 9.92 Å². The quantitative estimate of drug-likeness (QED) is 0.725. The fourth-order valence-corrected chi connectivity index (χ4v) is 7.46. The molecule has 1 aromatic carbocycles. The van der Waals surface area contributed by atoms with E-state index >= 15 is 0 Å². The van der Waals surface area contributed by atoms with Crippen LogP contribution in [0.3, 0.4) is 0 Å². The molecule has 4 rings (SSSR count). The first-order valence-corrected chi connectivity index (χ1v) is 12.7. The molecule has 0 aliphatic heterocycles. The van der Waals surface area contributed by atoms with Crippen LogP contribution in [0.25, 0.3) is 0 Å². The first-order valence-electron chi connectivity index (χ1n) is 10.3. The Bertz CT molecular complexity index is 1090. The summed E-state index contributed by atoms with van der Waals surface area (Å²) in [6, 6.07) is 3.41. The van der Waals surface area contributed by atoms with E-state index in [0.29, 0.717) is 9.77 Å². The van der Waals surface area contributed by atoms with E-state index in [0.717, 1.165) is 44.2 Å². The van der Waals surface area contributed by atoms with Crippen molar-refractivity contribution < 1.29 is 14.1 Å². The van der Waals surface area contributed by atoms with Gasteiger partial charge >= 0.3 is 6.03 Å². The van der Waals surface area contributed by atoms with Crippen LogP contribution >= 0.6 is 11.3 Å². The lowest BCUT2D eigenvalue weighted by Crippen LogP contribution is -2.24. The van der Waals surface area contributed by atoms with Gasteiger partial charge in [0.05, 0.1) is 5.60 Å². The van der Waals surface area contributed by atoms with Crippen molar-refractivity contribution in [1.82, 2.24) is 4.31 Å². The summed E-state index contributed by atoms with van der Waals surface area (Å²) in [5.41, 5.74) is 5.60. The summed E-state index contributed by atoms with van der Waals surface area (Å²) in [5.74, 6) is 0. The van der Waals surface area contributed by atoms with Gasteiger partial charge in [-0.2, -0.15) is 0 Å². The van der Waals surface area contributed by atoms with Crippen LogP contribution in [-0.2, 0) is 41.2 Å². The highest BCUT2D eigenvalue weighted by atomic mass is 32.2. The number of anilines is 1. The SMILES string of the molecule is CN(C)[S@@](=O)(=NC(=O)Nc1c2c(cc3c1CCC3)CCC2)c1cc(C(C)(C)O)cs1. The smallest absolute Gasteiger partial charge is 0.354 e. The van der Waals surface area contributed by atoms with Crippen molar-refractivity contribution in [2.24, 2.45) is 4.36 Å². The van der Waals surface area contributed by atoms with Gasteiger partial charge in [-0.1, -0.05) is 6.07 Å². The number of nitrogens with zero attached hydrogens (tertiary/aromatic N) is 2. The van der Waals surface area contributed by atoms with Gasteiger partial charge in [0, 0.05) is 19.8 Å². The van der Waals surface area contributed by atoms with Gasteiger partial charge in [0.1, 0.15) is 4.21 Å². The van der Waals surface area contributed by atoms with Crippen LogP contribution in [-0.4, -0.2) is 33.7 Å². The molecule has 2 aromatic rings. The van der Waals surface area contributed by atoms with E-state index in [1.165, 1.54) is 37.9 Å². The Hall–Kier alpha value is -1.74. The van der Waals surface area contributed by atoms with Crippen LogP contribution < -0.4 is 5.32 Å². The lowest BCUT2D eigenvalue weighted by molar-refractivity contribution is 0.0789. The fraction of sp³-hybridized carbons (Fsp3) is 0.500. The summed E-state index contributed by atoms with van der Waals surface area (Å²) in [6.45, 7) is 3.35. The number of amides is 2. The van der Waals surface area contributed by atoms with Crippen LogP contribution in [0.1, 0.15) is 54.5 Å². The highest BCUT2D eigenvalue weighted by molar-refractivity contribution is 7.93. The van der Waals surface area contributed by atoms with E-state index in [-0.39, 0.29) is 0 Å². The van der Waals surface area contributed by atoms with Gasteiger partial charge in [0.25, 0.3) is 0 Å². The second-order valence-electron chi connectivity index (χ2n) is 8.78. The number of carbonyl (C=O) groups is 1. The number of hydrogen-bond acceptors (Lipinski definition) is 4. The molecule has 2 N–H and O–H groups in total. The van der Waals surface area contributed by atoms with Crippen LogP contribution in [0.4, 0.5) is 10.5 Å². The van der Waals surface area contributed by atoms with E-state index in [1.54, 1.807) is 39.4 Å². The Labute approximate surface area is 182 Å². The van der Waals surface area contributed by atoms with Gasteiger partial charge in [-0.3, -0.25) is 0 Å². The molecule has 2 aliphatic rings. The maximum Gasteiger partial charge on any atom is 0.354 e. The zero-order valence-electron chi connectivity index (χ0n) is 17.9. The average Bonchev–Trinajstić information content (AvgIpc) is 3.40. The summed E-state index contributed by atoms with van der Waals surface area (Å²) < 4.78 is 19.8. The Balaban J connectivity index is 1.71. The van der Waals surface area contributed by atoms with Gasteiger partial charge in [0.2, 0.25) is 0 Å². The maximum absolute atomic E-state index is 13.7. The molecule has 2 aliphatic carbocycles. The minimum atomic E-state index is -3.12. The van der Waals surface area contributed by atoms with Gasteiger partial charge in [-0.05, 0) is 91.6 Å². The van der Waals surface area contributed by atoms with Crippen LogP contribution in [0.5, 0.6) is 0 Å². The van der Waals surface area contributed by atoms with Crippen LogP contribution in [0, 0.1) is 0 Å². The minimum absolute atomic E-state index is 0.461. The normalized spacial score (nSPS) is 17.5. The molecule has 30 heavy (non-hydrogen) atoms. The first-order chi connectivity index (χ1) is 14.1. The summed E-state index contributed by atoms with van der Waals surface area (Å²) >= 11 is 1.25. The van der Waals surface area contributed by atoms with E-state index < -0.39 is 21.5 Å². The summed E-state index contributed by atoms with van der Waals surface area (Å²) in [5, 5.41) is 15.0. The fourth-order valence-electron chi connectivity index (χ4n) is 4.29. The first kappa shape index (κ1) is 21.5. The molecule has 0 unspecified atom stereocenters. The number of carbonyl (C=O) groups excluding carboxylic acids is 1. The highest BCUT2D eigenvalue weighted by Crippen LogP contribution is 2.39. The molecule has 1 heterocycles. The second kappa shape index (κ2) is 7.75. The molecular formula is C22H29N3O3S2. The van der Waals surface area contributed by atoms with Gasteiger partial charge in [-0.15, -0.1) is 15.7 Å². The predicted molar refractivity (Wildman–Crippen MR) is 122 cm³/mol. The molecule has 0 saturated heterocycles. The molecule has 0 radical (unpaired) electrons. The molecule has 2 amide bonds. The Morgan fingerprint density at radius 2 is 1.73 bits per heavy atom. The molecule has 0 spiro atoms. The number of urea groups is 1. The van der Waals surface area contributed by atoms with Crippen molar-refractivity contribution in [3.05, 3.63) is 45.3 Å². The molecule has 162 valence electrons. The maximum atomic E-state index is 13.7. The number of nitrogens with one attached hydrogen (secondary N) is 1. The number of aliphatic hydroxyl groups is 1. The lowest BCUT2D eigenvalue weighted by atomic mass is 9.99. The van der Waals surface area contributed by atoms with Crippen LogP contribution in [0.15, 0.2) is 26.1 Å². The molecule has 0 saturated carbocycles. The minimum Gasteiger partial charge on any atom is -0.386 e. The Morgan fingerprint density at radius 1 is 1.13 bits per heavy atom. The number of aryl methyl sites for hydroxylation is 2. The molecule has 6 nitrogen and oxygen atoms in total. The van der Waals surface area contributed by atoms with Gasteiger partial charge < -0.3 is 10.4 Å². The zero-order chi connectivity index (χ0) is 21.7.